The lowest BCUT2D eigenvalue weighted by molar-refractivity contribution is 0.557. The van der Waals surface area contributed by atoms with Crippen LogP contribution < -0.4 is 5.73 Å². The van der Waals surface area contributed by atoms with Crippen molar-refractivity contribution in [3.63, 3.8) is 0 Å². The number of halogens is 2. The monoisotopic (exact) mass is 229 g/mol. The van der Waals surface area contributed by atoms with Crippen molar-refractivity contribution >= 4 is 23.2 Å². The predicted molar refractivity (Wildman–Crippen MR) is 61.0 cm³/mol. The molecule has 0 aliphatic heterocycles. The van der Waals surface area contributed by atoms with Gasteiger partial charge < -0.3 is 5.73 Å². The number of hydrogen-bond donors (Lipinski definition) is 1. The molecule has 1 aromatic rings. The van der Waals surface area contributed by atoms with Crippen LogP contribution in [0.3, 0.4) is 0 Å². The van der Waals surface area contributed by atoms with E-state index in [1.807, 2.05) is 25.1 Å². The van der Waals surface area contributed by atoms with Crippen LogP contribution in [0, 0.1) is 0 Å². The highest BCUT2D eigenvalue weighted by atomic mass is 35.5. The van der Waals surface area contributed by atoms with E-state index in [0.29, 0.717) is 0 Å². The summed E-state index contributed by atoms with van der Waals surface area (Å²) in [6.07, 6.45) is 2.18. The summed E-state index contributed by atoms with van der Waals surface area (Å²) in [5.41, 5.74) is 7.06. The van der Waals surface area contributed by atoms with Gasteiger partial charge in [0.1, 0.15) is 0 Å². The average molecular weight is 230 g/mol. The van der Waals surface area contributed by atoms with Gasteiger partial charge in [0.05, 0.1) is 0 Å². The van der Waals surface area contributed by atoms with Gasteiger partial charge in [0.25, 0.3) is 0 Å². The zero-order valence-corrected chi connectivity index (χ0v) is 9.57. The molecule has 1 nitrogen and oxygen atoms in total. The molecule has 0 amide bonds. The normalized spacial score (nSPS) is 20.6. The smallest absolute Gasteiger partial charge is 0.0459 e. The SMILES string of the molecule is CC(N)C1(c2c(Cl)cccc2Cl)CC1. The van der Waals surface area contributed by atoms with E-state index in [4.69, 9.17) is 28.9 Å². The second-order valence-corrected chi connectivity index (χ2v) is 4.86. The first-order valence-electron chi connectivity index (χ1n) is 4.78. The van der Waals surface area contributed by atoms with E-state index in [1.54, 1.807) is 0 Å². The second-order valence-electron chi connectivity index (χ2n) is 4.04. The summed E-state index contributed by atoms with van der Waals surface area (Å²) in [6.45, 7) is 2.02. The molecule has 0 radical (unpaired) electrons. The molecule has 1 saturated carbocycles. The van der Waals surface area contributed by atoms with Crippen LogP contribution in [0.2, 0.25) is 10.0 Å². The fourth-order valence-corrected chi connectivity index (χ4v) is 2.81. The van der Waals surface area contributed by atoms with Crippen LogP contribution in [0.4, 0.5) is 0 Å². The summed E-state index contributed by atoms with van der Waals surface area (Å²) in [5, 5.41) is 1.49. The van der Waals surface area contributed by atoms with Gasteiger partial charge in [0.15, 0.2) is 0 Å². The molecule has 2 N–H and O–H groups in total. The van der Waals surface area contributed by atoms with Crippen molar-refractivity contribution in [3.8, 4) is 0 Å². The summed E-state index contributed by atoms with van der Waals surface area (Å²) in [6, 6.07) is 5.74. The summed E-state index contributed by atoms with van der Waals surface area (Å²) >= 11 is 12.3. The fraction of sp³-hybridized carbons (Fsp3) is 0.455. The van der Waals surface area contributed by atoms with Gasteiger partial charge in [-0.1, -0.05) is 29.3 Å². The molecular formula is C11H13Cl2N. The first kappa shape index (κ1) is 10.3. The number of benzene rings is 1. The molecule has 1 aliphatic rings. The van der Waals surface area contributed by atoms with Crippen molar-refractivity contribution in [2.45, 2.75) is 31.2 Å². The third kappa shape index (κ3) is 1.44. The minimum Gasteiger partial charge on any atom is -0.327 e. The van der Waals surface area contributed by atoms with Gasteiger partial charge in [-0.05, 0) is 37.5 Å². The van der Waals surface area contributed by atoms with E-state index in [9.17, 15) is 0 Å². The van der Waals surface area contributed by atoms with Crippen LogP contribution in [-0.2, 0) is 5.41 Å². The Morgan fingerprint density at radius 3 is 2.14 bits per heavy atom. The van der Waals surface area contributed by atoms with Crippen molar-refractivity contribution in [2.24, 2.45) is 5.73 Å². The Kier molecular flexibility index (Phi) is 2.50. The van der Waals surface area contributed by atoms with Crippen molar-refractivity contribution in [3.05, 3.63) is 33.8 Å². The Hall–Kier alpha value is -0.240. The molecule has 0 bridgehead atoms. The van der Waals surface area contributed by atoms with Gasteiger partial charge in [-0.3, -0.25) is 0 Å². The summed E-state index contributed by atoms with van der Waals surface area (Å²) < 4.78 is 0. The molecule has 1 aliphatic carbocycles. The lowest BCUT2D eigenvalue weighted by Crippen LogP contribution is -2.32. The Morgan fingerprint density at radius 1 is 1.29 bits per heavy atom. The highest BCUT2D eigenvalue weighted by molar-refractivity contribution is 6.36. The highest BCUT2D eigenvalue weighted by Crippen LogP contribution is 2.54. The van der Waals surface area contributed by atoms with E-state index >= 15 is 0 Å². The first-order chi connectivity index (χ1) is 6.58. The molecule has 1 fully saturated rings. The molecular weight excluding hydrogens is 217 g/mol. The molecule has 1 aromatic carbocycles. The van der Waals surface area contributed by atoms with Crippen LogP contribution in [-0.4, -0.2) is 6.04 Å². The maximum absolute atomic E-state index is 6.16. The van der Waals surface area contributed by atoms with Crippen LogP contribution in [0.25, 0.3) is 0 Å². The van der Waals surface area contributed by atoms with Gasteiger partial charge in [-0.15, -0.1) is 0 Å². The van der Waals surface area contributed by atoms with Crippen molar-refractivity contribution in [1.82, 2.24) is 0 Å². The minimum atomic E-state index is 0.0371. The molecule has 1 atom stereocenters. The molecule has 2 rings (SSSR count). The molecule has 1 unspecified atom stereocenters. The lowest BCUT2D eigenvalue weighted by atomic mass is 9.89. The van der Waals surface area contributed by atoms with Gasteiger partial charge in [0, 0.05) is 21.5 Å². The fourth-order valence-electron chi connectivity index (χ4n) is 2.04. The highest BCUT2D eigenvalue weighted by Gasteiger charge is 2.49. The Labute approximate surface area is 94.2 Å². The van der Waals surface area contributed by atoms with Crippen LogP contribution >= 0.6 is 23.2 Å². The van der Waals surface area contributed by atoms with Crippen LogP contribution in [0.15, 0.2) is 18.2 Å². The molecule has 0 spiro atoms. The maximum Gasteiger partial charge on any atom is 0.0459 e. The summed E-state index contributed by atoms with van der Waals surface area (Å²) in [7, 11) is 0. The second kappa shape index (κ2) is 3.41. The largest absolute Gasteiger partial charge is 0.327 e. The average Bonchev–Trinajstić information content (AvgIpc) is 2.85. The van der Waals surface area contributed by atoms with Crippen molar-refractivity contribution in [1.29, 1.82) is 0 Å². The number of rotatable bonds is 2. The van der Waals surface area contributed by atoms with Crippen LogP contribution in [0.1, 0.15) is 25.3 Å². The first-order valence-corrected chi connectivity index (χ1v) is 5.53. The molecule has 0 saturated heterocycles. The van der Waals surface area contributed by atoms with Gasteiger partial charge in [0.2, 0.25) is 0 Å². The third-order valence-electron chi connectivity index (χ3n) is 3.12. The van der Waals surface area contributed by atoms with E-state index in [1.165, 1.54) is 0 Å². The number of hydrogen-bond acceptors (Lipinski definition) is 1. The Bertz CT molecular complexity index is 336. The van der Waals surface area contributed by atoms with Gasteiger partial charge in [-0.25, -0.2) is 0 Å². The van der Waals surface area contributed by atoms with E-state index in [2.05, 4.69) is 0 Å². The third-order valence-corrected chi connectivity index (χ3v) is 3.75. The topological polar surface area (TPSA) is 26.0 Å². The van der Waals surface area contributed by atoms with Gasteiger partial charge >= 0.3 is 0 Å². The summed E-state index contributed by atoms with van der Waals surface area (Å²) in [4.78, 5) is 0. The van der Waals surface area contributed by atoms with E-state index < -0.39 is 0 Å². The standard InChI is InChI=1S/C11H13Cl2N/c1-7(14)11(5-6-11)10-8(12)3-2-4-9(10)13/h2-4,7H,5-6,14H2,1H3. The van der Waals surface area contributed by atoms with Crippen molar-refractivity contribution in [2.75, 3.05) is 0 Å². The zero-order valence-electron chi connectivity index (χ0n) is 8.06. The van der Waals surface area contributed by atoms with Gasteiger partial charge in [-0.2, -0.15) is 0 Å². The molecule has 0 aromatic heterocycles. The molecule has 0 heterocycles. The molecule has 14 heavy (non-hydrogen) atoms. The van der Waals surface area contributed by atoms with E-state index in [0.717, 1.165) is 28.5 Å². The van der Waals surface area contributed by atoms with Crippen molar-refractivity contribution < 1.29 is 0 Å². The number of nitrogens with two attached hydrogens (primary N) is 1. The minimum absolute atomic E-state index is 0.0371. The predicted octanol–water partition coefficient (Wildman–Crippen LogP) is 3.37. The quantitative estimate of drug-likeness (QED) is 0.828. The zero-order chi connectivity index (χ0) is 10.3. The van der Waals surface area contributed by atoms with Crippen LogP contribution in [0.5, 0.6) is 0 Å². The lowest BCUT2D eigenvalue weighted by Gasteiger charge is -2.22. The van der Waals surface area contributed by atoms with E-state index in [-0.39, 0.29) is 11.5 Å². The Balaban J connectivity index is 2.51. The summed E-state index contributed by atoms with van der Waals surface area (Å²) in [5.74, 6) is 0. The maximum atomic E-state index is 6.16. The molecule has 76 valence electrons. The molecule has 3 heteroatoms. The Morgan fingerprint density at radius 2 is 1.79 bits per heavy atom.